The maximum atomic E-state index is 12.2. The molecule has 0 amide bonds. The number of aliphatic carboxylic acids is 1. The lowest BCUT2D eigenvalue weighted by atomic mass is 9.81. The van der Waals surface area contributed by atoms with E-state index in [1.807, 2.05) is 20.8 Å². The molecule has 0 saturated heterocycles. The monoisotopic (exact) mass is 389 g/mol. The van der Waals surface area contributed by atoms with E-state index < -0.39 is 22.0 Å². The molecule has 0 aliphatic rings. The van der Waals surface area contributed by atoms with Crippen molar-refractivity contribution in [2.75, 3.05) is 7.11 Å². The number of nitrogens with zero attached hydrogens (tertiary/aromatic N) is 1. The van der Waals surface area contributed by atoms with Crippen molar-refractivity contribution in [3.05, 3.63) is 65.2 Å². The maximum Gasteiger partial charge on any atom is 0.337 e. The van der Waals surface area contributed by atoms with Crippen molar-refractivity contribution in [1.29, 1.82) is 0 Å². The Kier molecular flexibility index (Phi) is 6.05. The van der Waals surface area contributed by atoms with Crippen LogP contribution in [0.4, 0.5) is 0 Å². The van der Waals surface area contributed by atoms with Gasteiger partial charge in [-0.2, -0.15) is 8.42 Å². The molecule has 6 nitrogen and oxygen atoms in total. The molecule has 0 heterocycles. The minimum Gasteiger partial charge on any atom is -0.496 e. The van der Waals surface area contributed by atoms with Crippen LogP contribution in [0.25, 0.3) is 0 Å². The number of methoxy groups -OCH3 is 1. The third-order valence-electron chi connectivity index (χ3n) is 4.45. The molecule has 2 rings (SSSR count). The average molecular weight is 389 g/mol. The van der Waals surface area contributed by atoms with Gasteiger partial charge in [0.15, 0.2) is 0 Å². The van der Waals surface area contributed by atoms with Crippen molar-refractivity contribution in [3.63, 3.8) is 0 Å². The van der Waals surface area contributed by atoms with Crippen LogP contribution in [0.15, 0.2) is 52.9 Å². The molecule has 0 saturated carbocycles. The first-order chi connectivity index (χ1) is 12.6. The highest BCUT2D eigenvalue weighted by molar-refractivity contribution is 7.61. The van der Waals surface area contributed by atoms with Crippen LogP contribution in [0.3, 0.4) is 0 Å². The van der Waals surface area contributed by atoms with E-state index in [0.717, 1.165) is 5.56 Å². The molecule has 0 fully saturated rings. The largest absolute Gasteiger partial charge is 0.496 e. The van der Waals surface area contributed by atoms with Gasteiger partial charge in [-0.15, -0.1) is 4.36 Å². The van der Waals surface area contributed by atoms with Gasteiger partial charge < -0.3 is 9.84 Å². The van der Waals surface area contributed by atoms with Crippen LogP contribution in [0.2, 0.25) is 0 Å². The Balaban J connectivity index is 2.67. The predicted octanol–water partition coefficient (Wildman–Crippen LogP) is 3.58. The van der Waals surface area contributed by atoms with E-state index >= 15 is 0 Å². The third-order valence-corrected chi connectivity index (χ3v) is 4.91. The summed E-state index contributed by atoms with van der Waals surface area (Å²) in [5, 5.41) is 9.97. The second-order valence-corrected chi connectivity index (χ2v) is 7.91. The molecular formula is C20H23NO5S. The molecule has 0 aliphatic carbocycles. The van der Waals surface area contributed by atoms with Gasteiger partial charge in [0.25, 0.3) is 0 Å². The number of carboxylic acids is 1. The van der Waals surface area contributed by atoms with Gasteiger partial charge in [0.2, 0.25) is 5.54 Å². The molecular weight excluding hydrogens is 366 g/mol. The number of hydrogen-bond donors (Lipinski definition) is 1. The second-order valence-electron chi connectivity index (χ2n) is 7.29. The molecule has 0 radical (unpaired) electrons. The summed E-state index contributed by atoms with van der Waals surface area (Å²) in [6, 6.07) is 13.7. The lowest BCUT2D eigenvalue weighted by Gasteiger charge is -2.26. The van der Waals surface area contributed by atoms with Gasteiger partial charge in [-0.3, -0.25) is 0 Å². The van der Waals surface area contributed by atoms with Crippen LogP contribution in [-0.2, 0) is 32.7 Å². The van der Waals surface area contributed by atoms with Crippen molar-refractivity contribution in [2.45, 2.75) is 38.1 Å². The number of para-hydroxylation sites is 1. The number of ether oxygens (including phenoxy) is 1. The first-order valence-corrected chi connectivity index (χ1v) is 9.42. The molecule has 0 bridgehead atoms. The van der Waals surface area contributed by atoms with Crippen LogP contribution in [-0.4, -0.2) is 26.6 Å². The van der Waals surface area contributed by atoms with E-state index in [1.165, 1.54) is 7.11 Å². The molecule has 1 unspecified atom stereocenters. The number of carboxylic acid groups (broad SMARTS) is 1. The Labute approximate surface area is 160 Å². The Morgan fingerprint density at radius 3 is 2.07 bits per heavy atom. The summed E-state index contributed by atoms with van der Waals surface area (Å²) in [6.07, 6.45) is -0.158. The van der Waals surface area contributed by atoms with Crippen molar-refractivity contribution in [2.24, 2.45) is 4.36 Å². The summed E-state index contributed by atoms with van der Waals surface area (Å²) in [6.45, 7) is 6.12. The molecule has 0 spiro atoms. The number of benzene rings is 2. The quantitative estimate of drug-likeness (QED) is 0.815. The van der Waals surface area contributed by atoms with E-state index in [9.17, 15) is 18.3 Å². The third kappa shape index (κ3) is 4.54. The first-order valence-electron chi connectivity index (χ1n) is 8.39. The molecule has 1 N–H and O–H groups in total. The first kappa shape index (κ1) is 20.6. The lowest BCUT2D eigenvalue weighted by molar-refractivity contribution is -0.143. The fourth-order valence-corrected chi connectivity index (χ4v) is 3.43. The minimum absolute atomic E-state index is 0.119. The smallest absolute Gasteiger partial charge is 0.337 e. The highest BCUT2D eigenvalue weighted by atomic mass is 32.2. The van der Waals surface area contributed by atoms with Crippen LogP contribution in [0.1, 0.15) is 37.5 Å². The van der Waals surface area contributed by atoms with E-state index in [4.69, 9.17) is 4.74 Å². The Hall–Kier alpha value is -2.67. The Morgan fingerprint density at radius 2 is 1.59 bits per heavy atom. The highest BCUT2D eigenvalue weighted by Crippen LogP contribution is 2.35. The SMILES string of the molecule is COc1ccccc1CC(N=S(=O)=O)(C(=O)O)c1ccc(C(C)(C)C)cc1. The van der Waals surface area contributed by atoms with E-state index in [2.05, 4.69) is 4.36 Å². The summed E-state index contributed by atoms with van der Waals surface area (Å²) >= 11 is 0. The van der Waals surface area contributed by atoms with Crippen LogP contribution in [0.5, 0.6) is 5.75 Å². The standard InChI is InChI=1S/C20H23NO5S/c1-19(2,3)15-9-11-16(12-10-15)20(18(22)23,21-27(24)25)13-14-7-5-6-8-17(14)26-4/h5-12H,13H2,1-4H3,(H,22,23). The van der Waals surface area contributed by atoms with Gasteiger partial charge in [-0.1, -0.05) is 63.2 Å². The summed E-state index contributed by atoms with van der Waals surface area (Å²) in [5.74, 6) is -0.873. The fourth-order valence-electron chi connectivity index (χ4n) is 2.92. The molecule has 1 atom stereocenters. The molecule has 2 aromatic rings. The molecule has 7 heteroatoms. The Bertz CT molecular complexity index is 951. The predicted molar refractivity (Wildman–Crippen MR) is 103 cm³/mol. The summed E-state index contributed by atoms with van der Waals surface area (Å²) in [4.78, 5) is 12.2. The number of rotatable bonds is 6. The van der Waals surface area contributed by atoms with Gasteiger partial charge in [0.1, 0.15) is 5.75 Å². The zero-order valence-electron chi connectivity index (χ0n) is 15.8. The fraction of sp³-hybridized carbons (Fsp3) is 0.350. The van der Waals surface area contributed by atoms with Crippen LogP contribution in [0, 0.1) is 0 Å². The molecule has 27 heavy (non-hydrogen) atoms. The lowest BCUT2D eigenvalue weighted by Crippen LogP contribution is -2.36. The normalized spacial score (nSPS) is 13.5. The Morgan fingerprint density at radius 1 is 1.04 bits per heavy atom. The zero-order chi connectivity index (χ0) is 20.2. The van der Waals surface area contributed by atoms with Crippen LogP contribution >= 0.6 is 0 Å². The number of carbonyl (C=O) groups is 1. The molecule has 2 aromatic carbocycles. The van der Waals surface area contributed by atoms with Crippen molar-refractivity contribution in [3.8, 4) is 5.75 Å². The van der Waals surface area contributed by atoms with Crippen molar-refractivity contribution in [1.82, 2.24) is 0 Å². The zero-order valence-corrected chi connectivity index (χ0v) is 16.6. The minimum atomic E-state index is -2.91. The van der Waals surface area contributed by atoms with Crippen molar-refractivity contribution >= 4 is 16.5 Å². The van der Waals surface area contributed by atoms with E-state index in [1.54, 1.807) is 48.5 Å². The highest BCUT2D eigenvalue weighted by Gasteiger charge is 2.42. The summed E-state index contributed by atoms with van der Waals surface area (Å²) < 4.78 is 31.7. The second kappa shape index (κ2) is 7.92. The molecule has 0 aromatic heterocycles. The molecule has 0 aliphatic heterocycles. The van der Waals surface area contributed by atoms with Crippen LogP contribution < -0.4 is 4.74 Å². The van der Waals surface area contributed by atoms with E-state index in [0.29, 0.717) is 11.3 Å². The van der Waals surface area contributed by atoms with Gasteiger partial charge in [0.05, 0.1) is 7.11 Å². The summed E-state index contributed by atoms with van der Waals surface area (Å²) in [5.41, 5.74) is -0.246. The van der Waals surface area contributed by atoms with Crippen molar-refractivity contribution < 1.29 is 23.1 Å². The van der Waals surface area contributed by atoms with Gasteiger partial charge >= 0.3 is 16.5 Å². The topological polar surface area (TPSA) is 93.0 Å². The summed E-state index contributed by atoms with van der Waals surface area (Å²) in [7, 11) is -1.43. The average Bonchev–Trinajstić information content (AvgIpc) is 2.60. The number of hydrogen-bond acceptors (Lipinski definition) is 5. The van der Waals surface area contributed by atoms with E-state index in [-0.39, 0.29) is 17.4 Å². The van der Waals surface area contributed by atoms with Gasteiger partial charge in [0, 0.05) is 6.42 Å². The van der Waals surface area contributed by atoms with Gasteiger partial charge in [-0.25, -0.2) is 4.79 Å². The maximum absolute atomic E-state index is 12.2. The van der Waals surface area contributed by atoms with Gasteiger partial charge in [-0.05, 0) is 28.2 Å². The molecule has 144 valence electrons.